The van der Waals surface area contributed by atoms with Gasteiger partial charge >= 0.3 is 0 Å². The van der Waals surface area contributed by atoms with Crippen LogP contribution in [-0.2, 0) is 15.6 Å². The number of hydrogen-bond donors (Lipinski definition) is 1. The van der Waals surface area contributed by atoms with Crippen molar-refractivity contribution in [1.29, 1.82) is 0 Å². The Morgan fingerprint density at radius 2 is 1.33 bits per heavy atom. The van der Waals surface area contributed by atoms with E-state index in [1.54, 1.807) is 0 Å². The summed E-state index contributed by atoms with van der Waals surface area (Å²) in [6.07, 6.45) is 0. The second kappa shape index (κ2) is 6.58. The molecule has 2 N–H and O–H groups in total. The number of hydrogen-bond acceptors (Lipinski definition) is 2. The molecule has 0 spiro atoms. The lowest BCUT2D eigenvalue weighted by Gasteiger charge is -2.17. The molecule has 0 unspecified atom stereocenters. The van der Waals surface area contributed by atoms with Crippen LogP contribution in [0.4, 0.5) is 8.78 Å². The molecule has 0 aliphatic heterocycles. The Bertz CT molecular complexity index is 611. The average molecular weight is 309 g/mol. The Kier molecular flexibility index (Phi) is 4.80. The van der Waals surface area contributed by atoms with Crippen LogP contribution in [0.1, 0.15) is 16.4 Å². The number of rotatable bonds is 5. The number of halogens is 2. The summed E-state index contributed by atoms with van der Waals surface area (Å²) in [6.45, 7) is 0. The van der Waals surface area contributed by atoms with Crippen LogP contribution in [0.15, 0.2) is 48.5 Å². The second-order valence-electron chi connectivity index (χ2n) is 4.47. The minimum absolute atomic E-state index is 0.320. The van der Waals surface area contributed by atoms with Gasteiger partial charge in [-0.05, 0) is 35.4 Å². The van der Waals surface area contributed by atoms with Crippen molar-refractivity contribution >= 4 is 16.7 Å². The van der Waals surface area contributed by atoms with Crippen molar-refractivity contribution < 1.29 is 17.8 Å². The zero-order chi connectivity index (χ0) is 15.4. The van der Waals surface area contributed by atoms with Crippen molar-refractivity contribution in [2.45, 2.75) is 5.25 Å². The van der Waals surface area contributed by atoms with Crippen molar-refractivity contribution in [3.05, 3.63) is 71.3 Å². The van der Waals surface area contributed by atoms with Crippen LogP contribution in [0.3, 0.4) is 0 Å². The van der Waals surface area contributed by atoms with Gasteiger partial charge in [0.05, 0.1) is 5.25 Å². The van der Waals surface area contributed by atoms with E-state index in [-0.39, 0.29) is 5.75 Å². The van der Waals surface area contributed by atoms with E-state index < -0.39 is 33.6 Å². The zero-order valence-electron chi connectivity index (χ0n) is 11.0. The van der Waals surface area contributed by atoms with Gasteiger partial charge in [0.15, 0.2) is 0 Å². The van der Waals surface area contributed by atoms with Gasteiger partial charge in [-0.1, -0.05) is 24.3 Å². The highest BCUT2D eigenvalue weighted by atomic mass is 32.2. The molecule has 6 heteroatoms. The summed E-state index contributed by atoms with van der Waals surface area (Å²) in [6, 6.07) is 10.9. The number of amides is 1. The predicted octanol–water partition coefficient (Wildman–Crippen LogP) is 2.29. The summed E-state index contributed by atoms with van der Waals surface area (Å²) >= 11 is 0. The first-order valence-electron chi connectivity index (χ1n) is 6.14. The number of carbonyl (C=O) groups excluding carboxylic acids is 1. The normalized spacial score (nSPS) is 12.3. The highest BCUT2D eigenvalue weighted by molar-refractivity contribution is 7.86. The molecule has 0 radical (unpaired) electrons. The van der Waals surface area contributed by atoms with E-state index in [9.17, 15) is 17.8 Å². The van der Waals surface area contributed by atoms with Crippen molar-refractivity contribution in [3.8, 4) is 0 Å². The first kappa shape index (κ1) is 15.3. The lowest BCUT2D eigenvalue weighted by molar-refractivity contribution is -0.115. The Balaban J connectivity index is 2.43. The van der Waals surface area contributed by atoms with E-state index in [0.717, 1.165) is 0 Å². The summed E-state index contributed by atoms with van der Waals surface area (Å²) < 4.78 is 38.4. The summed E-state index contributed by atoms with van der Waals surface area (Å²) in [5.74, 6) is -1.85. The van der Waals surface area contributed by atoms with E-state index in [2.05, 4.69) is 0 Å². The molecule has 1 atom stereocenters. The molecule has 21 heavy (non-hydrogen) atoms. The Labute approximate surface area is 123 Å². The van der Waals surface area contributed by atoms with Crippen LogP contribution >= 0.6 is 0 Å². The molecule has 3 nitrogen and oxygen atoms in total. The molecule has 0 aromatic heterocycles. The molecular formula is C15H13F2NO2S. The number of primary amides is 1. The minimum Gasteiger partial charge on any atom is -0.369 e. The summed E-state index contributed by atoms with van der Waals surface area (Å²) in [5.41, 5.74) is 6.23. The van der Waals surface area contributed by atoms with Crippen molar-refractivity contribution in [3.63, 3.8) is 0 Å². The van der Waals surface area contributed by atoms with Crippen LogP contribution in [0.25, 0.3) is 0 Å². The van der Waals surface area contributed by atoms with E-state index >= 15 is 0 Å². The Morgan fingerprint density at radius 1 is 0.952 bits per heavy atom. The molecular weight excluding hydrogens is 296 g/mol. The van der Waals surface area contributed by atoms with Gasteiger partial charge in [0.1, 0.15) is 17.4 Å². The maximum Gasteiger partial charge on any atom is 0.230 e. The SMILES string of the molecule is NC(=O)C[S@](=O)C(c1ccc(F)cc1)c1ccc(F)cc1. The third-order valence-electron chi connectivity index (χ3n) is 2.89. The molecule has 110 valence electrons. The fraction of sp³-hybridized carbons (Fsp3) is 0.133. The molecule has 0 fully saturated rings. The smallest absolute Gasteiger partial charge is 0.230 e. The lowest BCUT2D eigenvalue weighted by atomic mass is 10.0. The maximum absolute atomic E-state index is 13.0. The van der Waals surface area contributed by atoms with E-state index in [4.69, 9.17) is 5.73 Å². The molecule has 1 amide bonds. The third kappa shape index (κ3) is 3.95. The zero-order valence-corrected chi connectivity index (χ0v) is 11.8. The molecule has 0 saturated heterocycles. The monoisotopic (exact) mass is 309 g/mol. The standard InChI is InChI=1S/C15H13F2NO2S/c16-12-5-1-10(2-6-12)15(21(20)9-14(18)19)11-3-7-13(17)8-4-11/h1-8,15H,9H2,(H2,18,19)/t21-/m0/s1. The fourth-order valence-corrected chi connectivity index (χ4v) is 3.36. The van der Waals surface area contributed by atoms with Crippen LogP contribution in [0, 0.1) is 11.6 Å². The van der Waals surface area contributed by atoms with Gasteiger partial charge in [-0.3, -0.25) is 9.00 Å². The second-order valence-corrected chi connectivity index (χ2v) is 6.00. The first-order chi connectivity index (χ1) is 9.97. The van der Waals surface area contributed by atoms with E-state index in [1.165, 1.54) is 48.5 Å². The lowest BCUT2D eigenvalue weighted by Crippen LogP contribution is -2.23. The van der Waals surface area contributed by atoms with Crippen LogP contribution < -0.4 is 5.73 Å². The molecule has 0 aliphatic rings. The van der Waals surface area contributed by atoms with Gasteiger partial charge < -0.3 is 5.73 Å². The highest BCUT2D eigenvalue weighted by Crippen LogP contribution is 2.28. The molecule has 0 heterocycles. The Morgan fingerprint density at radius 3 is 1.67 bits per heavy atom. The highest BCUT2D eigenvalue weighted by Gasteiger charge is 2.22. The molecule has 2 aromatic carbocycles. The van der Waals surface area contributed by atoms with Gasteiger partial charge in [0.2, 0.25) is 5.91 Å². The quantitative estimate of drug-likeness (QED) is 0.921. The maximum atomic E-state index is 13.0. The predicted molar refractivity (Wildman–Crippen MR) is 76.8 cm³/mol. The molecule has 2 rings (SSSR count). The topological polar surface area (TPSA) is 60.2 Å². The minimum atomic E-state index is -1.62. The van der Waals surface area contributed by atoms with E-state index in [1.807, 2.05) is 0 Å². The number of nitrogens with two attached hydrogens (primary N) is 1. The first-order valence-corrected chi connectivity index (χ1v) is 7.52. The molecule has 0 bridgehead atoms. The van der Waals surface area contributed by atoms with Crippen LogP contribution in [0.2, 0.25) is 0 Å². The van der Waals surface area contributed by atoms with Crippen LogP contribution in [0.5, 0.6) is 0 Å². The van der Waals surface area contributed by atoms with Gasteiger partial charge in [0.25, 0.3) is 0 Å². The van der Waals surface area contributed by atoms with E-state index in [0.29, 0.717) is 11.1 Å². The van der Waals surface area contributed by atoms with Gasteiger partial charge in [0, 0.05) is 10.8 Å². The molecule has 0 aliphatic carbocycles. The van der Waals surface area contributed by atoms with Gasteiger partial charge in [-0.25, -0.2) is 8.78 Å². The third-order valence-corrected chi connectivity index (χ3v) is 4.53. The summed E-state index contributed by atoms with van der Waals surface area (Å²) in [7, 11) is -1.62. The average Bonchev–Trinajstić information content (AvgIpc) is 2.42. The van der Waals surface area contributed by atoms with Crippen molar-refractivity contribution in [1.82, 2.24) is 0 Å². The fourth-order valence-electron chi connectivity index (χ4n) is 1.99. The number of carbonyl (C=O) groups is 1. The Hall–Kier alpha value is -2.08. The summed E-state index contributed by atoms with van der Waals surface area (Å²) in [5, 5.41) is -0.668. The van der Waals surface area contributed by atoms with Crippen molar-refractivity contribution in [2.75, 3.05) is 5.75 Å². The molecule has 2 aromatic rings. The number of benzene rings is 2. The largest absolute Gasteiger partial charge is 0.369 e. The van der Waals surface area contributed by atoms with Gasteiger partial charge in [-0.15, -0.1) is 0 Å². The van der Waals surface area contributed by atoms with Crippen LogP contribution in [-0.4, -0.2) is 15.9 Å². The van der Waals surface area contributed by atoms with Crippen molar-refractivity contribution in [2.24, 2.45) is 5.73 Å². The molecule has 0 saturated carbocycles. The van der Waals surface area contributed by atoms with Gasteiger partial charge in [-0.2, -0.15) is 0 Å². The summed E-state index contributed by atoms with van der Waals surface area (Å²) in [4.78, 5) is 11.0.